The third-order valence-corrected chi connectivity index (χ3v) is 1.53. The fourth-order valence-electron chi connectivity index (χ4n) is 1.04. The van der Waals surface area contributed by atoms with Gasteiger partial charge in [-0.05, 0) is 12.8 Å². The van der Waals surface area contributed by atoms with E-state index in [9.17, 15) is 9.59 Å². The lowest BCUT2D eigenvalue weighted by molar-refractivity contribution is -0.124. The summed E-state index contributed by atoms with van der Waals surface area (Å²) in [5.74, 6) is 1.56. The van der Waals surface area contributed by atoms with E-state index in [1.807, 2.05) is 0 Å². The van der Waals surface area contributed by atoms with Crippen LogP contribution >= 0.6 is 0 Å². The van der Waals surface area contributed by atoms with E-state index in [0.29, 0.717) is 6.42 Å². The van der Waals surface area contributed by atoms with Crippen LogP contribution in [0.3, 0.4) is 0 Å². The molecule has 0 bridgehead atoms. The molecule has 0 heterocycles. The Morgan fingerprint density at radius 2 is 2.50 bits per heavy atom. The Balaban J connectivity index is 2.40. The van der Waals surface area contributed by atoms with Crippen molar-refractivity contribution < 1.29 is 14.3 Å². The second kappa shape index (κ2) is 3.18. The molecule has 0 aromatic rings. The number of ketones is 1. The van der Waals surface area contributed by atoms with E-state index in [-0.39, 0.29) is 11.9 Å². The minimum Gasteiger partial charge on any atom is -0.479 e. The first-order chi connectivity index (χ1) is 4.84. The highest BCUT2D eigenvalue weighted by molar-refractivity contribution is 5.85. The van der Waals surface area contributed by atoms with Gasteiger partial charge in [-0.1, -0.05) is 0 Å². The van der Waals surface area contributed by atoms with Crippen LogP contribution in [0.25, 0.3) is 0 Å². The summed E-state index contributed by atoms with van der Waals surface area (Å²) in [6, 6.07) is 0. The standard InChI is InChI=1S/C7H8O3/c8-4-5-10-7-3-1-2-6(7)9/h5,7H,1-3H2. The molecule has 0 radical (unpaired) electrons. The predicted octanol–water partition coefficient (Wildman–Crippen LogP) is 0.470. The highest BCUT2D eigenvalue weighted by atomic mass is 16.5. The third kappa shape index (κ3) is 1.45. The van der Waals surface area contributed by atoms with Crippen molar-refractivity contribution in [2.75, 3.05) is 0 Å². The molecule has 0 spiro atoms. The van der Waals surface area contributed by atoms with E-state index in [1.54, 1.807) is 0 Å². The van der Waals surface area contributed by atoms with Crippen molar-refractivity contribution in [3.05, 3.63) is 6.26 Å². The molecule has 3 nitrogen and oxygen atoms in total. The summed E-state index contributed by atoms with van der Waals surface area (Å²) in [6.45, 7) is 0. The fraction of sp³-hybridized carbons (Fsp3) is 0.571. The van der Waals surface area contributed by atoms with Crippen molar-refractivity contribution in [3.8, 4) is 0 Å². The van der Waals surface area contributed by atoms with E-state index in [0.717, 1.165) is 19.1 Å². The van der Waals surface area contributed by atoms with Gasteiger partial charge >= 0.3 is 0 Å². The van der Waals surface area contributed by atoms with Gasteiger partial charge in [0.1, 0.15) is 0 Å². The van der Waals surface area contributed by atoms with Crippen LogP contribution in [0.4, 0.5) is 0 Å². The molecule has 1 rings (SSSR count). The first-order valence-corrected chi connectivity index (χ1v) is 3.22. The van der Waals surface area contributed by atoms with E-state index < -0.39 is 0 Å². The van der Waals surface area contributed by atoms with Crippen LogP contribution < -0.4 is 0 Å². The maximum atomic E-state index is 10.8. The summed E-state index contributed by atoms with van der Waals surface area (Å²) in [5.41, 5.74) is 0. The first-order valence-electron chi connectivity index (χ1n) is 3.22. The van der Waals surface area contributed by atoms with Crippen molar-refractivity contribution in [2.45, 2.75) is 25.4 Å². The Morgan fingerprint density at radius 1 is 1.70 bits per heavy atom. The minimum absolute atomic E-state index is 0.0894. The van der Waals surface area contributed by atoms with Crippen LogP contribution in [0.2, 0.25) is 0 Å². The smallest absolute Gasteiger partial charge is 0.173 e. The molecule has 0 aliphatic heterocycles. The van der Waals surface area contributed by atoms with Crippen molar-refractivity contribution in [2.24, 2.45) is 0 Å². The monoisotopic (exact) mass is 140 g/mol. The van der Waals surface area contributed by atoms with Crippen molar-refractivity contribution in [1.82, 2.24) is 0 Å². The van der Waals surface area contributed by atoms with E-state index in [1.165, 1.54) is 5.94 Å². The molecule has 3 heteroatoms. The molecular weight excluding hydrogens is 132 g/mol. The van der Waals surface area contributed by atoms with Crippen LogP contribution in [0.1, 0.15) is 19.3 Å². The van der Waals surface area contributed by atoms with Gasteiger partial charge in [-0.2, -0.15) is 0 Å². The number of carbonyl (C=O) groups excluding carboxylic acids is 2. The molecule has 0 amide bonds. The normalized spacial score (nSPS) is 24.0. The van der Waals surface area contributed by atoms with E-state index in [4.69, 9.17) is 4.74 Å². The molecule has 54 valence electrons. The van der Waals surface area contributed by atoms with Gasteiger partial charge in [0.25, 0.3) is 0 Å². The Bertz CT molecular complexity index is 179. The summed E-state index contributed by atoms with van der Waals surface area (Å²) in [6.07, 6.45) is 2.72. The minimum atomic E-state index is -0.374. The number of rotatable bonds is 2. The van der Waals surface area contributed by atoms with Crippen molar-refractivity contribution in [1.29, 1.82) is 0 Å². The lowest BCUT2D eigenvalue weighted by Crippen LogP contribution is -2.14. The van der Waals surface area contributed by atoms with E-state index in [2.05, 4.69) is 0 Å². The summed E-state index contributed by atoms with van der Waals surface area (Å²) >= 11 is 0. The maximum absolute atomic E-state index is 10.8. The van der Waals surface area contributed by atoms with Gasteiger partial charge in [-0.25, -0.2) is 4.79 Å². The lowest BCUT2D eigenvalue weighted by atomic mass is 10.3. The van der Waals surface area contributed by atoms with Gasteiger partial charge in [0.15, 0.2) is 24.1 Å². The molecule has 0 aromatic carbocycles. The van der Waals surface area contributed by atoms with Gasteiger partial charge in [-0.15, -0.1) is 0 Å². The van der Waals surface area contributed by atoms with Gasteiger partial charge in [0, 0.05) is 6.42 Å². The third-order valence-electron chi connectivity index (χ3n) is 1.53. The largest absolute Gasteiger partial charge is 0.479 e. The topological polar surface area (TPSA) is 43.4 Å². The lowest BCUT2D eigenvalue weighted by Gasteiger charge is -2.03. The van der Waals surface area contributed by atoms with Gasteiger partial charge < -0.3 is 4.74 Å². The second-order valence-corrected chi connectivity index (χ2v) is 2.22. The SMILES string of the molecule is O=C=COC1CCCC1=O. The predicted molar refractivity (Wildman–Crippen MR) is 34.0 cm³/mol. The Morgan fingerprint density at radius 3 is 3.00 bits per heavy atom. The number of hydrogen-bond donors (Lipinski definition) is 0. The average molecular weight is 140 g/mol. The van der Waals surface area contributed by atoms with Gasteiger partial charge in [0.05, 0.1) is 0 Å². The molecular formula is C7H8O3. The Kier molecular flexibility index (Phi) is 2.24. The summed E-state index contributed by atoms with van der Waals surface area (Å²) in [5, 5.41) is 0. The molecule has 0 saturated heterocycles. The van der Waals surface area contributed by atoms with Gasteiger partial charge in [0.2, 0.25) is 0 Å². The van der Waals surface area contributed by atoms with Crippen LogP contribution in [0, 0.1) is 0 Å². The highest BCUT2D eigenvalue weighted by Crippen LogP contribution is 2.17. The van der Waals surface area contributed by atoms with Gasteiger partial charge in [-0.3, -0.25) is 4.79 Å². The maximum Gasteiger partial charge on any atom is 0.173 e. The molecule has 10 heavy (non-hydrogen) atoms. The molecule has 1 unspecified atom stereocenters. The molecule has 1 saturated carbocycles. The first kappa shape index (κ1) is 7.03. The Labute approximate surface area is 58.7 Å². The highest BCUT2D eigenvalue weighted by Gasteiger charge is 2.24. The quantitative estimate of drug-likeness (QED) is 0.413. The number of carbonyl (C=O) groups is 1. The summed E-state index contributed by atoms with van der Waals surface area (Å²) < 4.78 is 4.77. The summed E-state index contributed by atoms with van der Waals surface area (Å²) in [4.78, 5) is 20.5. The molecule has 1 fully saturated rings. The Hall–Kier alpha value is -1.08. The second-order valence-electron chi connectivity index (χ2n) is 2.22. The summed E-state index contributed by atoms with van der Waals surface area (Å²) in [7, 11) is 0. The molecule has 1 aliphatic rings. The van der Waals surface area contributed by atoms with Crippen LogP contribution in [0.5, 0.6) is 0 Å². The van der Waals surface area contributed by atoms with Crippen molar-refractivity contribution >= 4 is 11.7 Å². The molecule has 1 aliphatic carbocycles. The zero-order valence-corrected chi connectivity index (χ0v) is 5.50. The van der Waals surface area contributed by atoms with Crippen LogP contribution in [0.15, 0.2) is 6.26 Å². The molecule has 0 aromatic heterocycles. The number of Topliss-reactive ketones (excluding diaryl/α,β-unsaturated/α-hetero) is 1. The fourth-order valence-corrected chi connectivity index (χ4v) is 1.04. The molecule has 0 N–H and O–H groups in total. The average Bonchev–Trinajstić information content (AvgIpc) is 2.31. The van der Waals surface area contributed by atoms with Crippen LogP contribution in [-0.2, 0) is 14.3 Å². The van der Waals surface area contributed by atoms with E-state index >= 15 is 0 Å². The zero-order valence-electron chi connectivity index (χ0n) is 5.50. The van der Waals surface area contributed by atoms with Crippen LogP contribution in [-0.4, -0.2) is 17.8 Å². The number of hydrogen-bond acceptors (Lipinski definition) is 3. The number of ether oxygens (including phenoxy) is 1. The molecule has 1 atom stereocenters. The van der Waals surface area contributed by atoms with Crippen molar-refractivity contribution in [3.63, 3.8) is 0 Å². The zero-order chi connectivity index (χ0) is 7.40.